The van der Waals surface area contributed by atoms with Gasteiger partial charge in [0.25, 0.3) is 0 Å². The first-order chi connectivity index (χ1) is 6.76. The van der Waals surface area contributed by atoms with Crippen LogP contribution in [0.3, 0.4) is 0 Å². The molecular formula is C10H12O3Se. The number of aliphatic hydroxyl groups excluding tert-OH is 2. The Morgan fingerprint density at radius 3 is 2.29 bits per heavy atom. The second kappa shape index (κ2) is 5.27. The molecule has 0 fully saturated rings. The minimum absolute atomic E-state index is 0.0991. The molecule has 0 saturated heterocycles. The van der Waals surface area contributed by atoms with E-state index in [1.54, 1.807) is 12.1 Å². The van der Waals surface area contributed by atoms with Gasteiger partial charge in [-0.1, -0.05) is 0 Å². The number of rotatable bonds is 4. The normalized spacial score (nSPS) is 10.2. The number of benzene rings is 1. The molecule has 0 radical (unpaired) electrons. The van der Waals surface area contributed by atoms with Gasteiger partial charge in [0.2, 0.25) is 0 Å². The van der Waals surface area contributed by atoms with Crippen molar-refractivity contribution in [2.24, 2.45) is 0 Å². The van der Waals surface area contributed by atoms with E-state index < -0.39 is 0 Å². The van der Waals surface area contributed by atoms with Crippen LogP contribution in [0.2, 0.25) is 5.82 Å². The summed E-state index contributed by atoms with van der Waals surface area (Å²) in [5.74, 6) is 2.01. The van der Waals surface area contributed by atoms with Crippen molar-refractivity contribution in [1.82, 2.24) is 0 Å². The summed E-state index contributed by atoms with van der Waals surface area (Å²) in [6.45, 7) is -0.244. The van der Waals surface area contributed by atoms with Crippen LogP contribution >= 0.6 is 0 Å². The van der Waals surface area contributed by atoms with Gasteiger partial charge in [0.1, 0.15) is 0 Å². The van der Waals surface area contributed by atoms with E-state index >= 15 is 0 Å². The van der Waals surface area contributed by atoms with Crippen molar-refractivity contribution in [2.45, 2.75) is 19.0 Å². The van der Waals surface area contributed by atoms with Gasteiger partial charge in [-0.3, -0.25) is 0 Å². The van der Waals surface area contributed by atoms with Crippen LogP contribution in [0, 0.1) is 0 Å². The average molecular weight is 259 g/mol. The number of carbonyl (C=O) groups is 1. The number of hydrogen-bond donors (Lipinski definition) is 2. The molecule has 0 heterocycles. The fraction of sp³-hybridized carbons (Fsp3) is 0.300. The number of hydrogen-bond acceptors (Lipinski definition) is 3. The Kier molecular flexibility index (Phi) is 4.29. The van der Waals surface area contributed by atoms with Crippen LogP contribution in [0.15, 0.2) is 12.1 Å². The molecule has 2 N–H and O–H groups in total. The Labute approximate surface area is 88.9 Å². The molecule has 3 nitrogen and oxygen atoms in total. The van der Waals surface area contributed by atoms with E-state index in [1.165, 1.54) is 0 Å². The molecule has 0 aliphatic rings. The van der Waals surface area contributed by atoms with Gasteiger partial charge in [-0.05, 0) is 0 Å². The van der Waals surface area contributed by atoms with Gasteiger partial charge in [0.15, 0.2) is 0 Å². The summed E-state index contributed by atoms with van der Waals surface area (Å²) >= 11 is 0.216. The summed E-state index contributed by atoms with van der Waals surface area (Å²) in [6, 6.07) is 3.45. The monoisotopic (exact) mass is 260 g/mol. The summed E-state index contributed by atoms with van der Waals surface area (Å²) < 4.78 is 0.966. The van der Waals surface area contributed by atoms with Gasteiger partial charge in [0.05, 0.1) is 0 Å². The third-order valence-corrected chi connectivity index (χ3v) is 3.68. The summed E-state index contributed by atoms with van der Waals surface area (Å²) in [6.07, 6.45) is 0.793. The predicted molar refractivity (Wildman–Crippen MR) is 54.9 cm³/mol. The predicted octanol–water partition coefficient (Wildman–Crippen LogP) is -0.139. The molecule has 0 amide bonds. The van der Waals surface area contributed by atoms with Crippen molar-refractivity contribution in [3.8, 4) is 0 Å². The Morgan fingerprint density at radius 1 is 1.29 bits per heavy atom. The molecule has 0 aliphatic heterocycles. The van der Waals surface area contributed by atoms with Gasteiger partial charge in [-0.2, -0.15) is 0 Å². The van der Waals surface area contributed by atoms with Crippen molar-refractivity contribution < 1.29 is 15.0 Å². The molecule has 0 bridgehead atoms. The Balaban J connectivity index is 3.27. The molecule has 0 spiro atoms. The van der Waals surface area contributed by atoms with E-state index in [2.05, 4.69) is 0 Å². The van der Waals surface area contributed by atoms with Crippen molar-refractivity contribution in [3.63, 3.8) is 0 Å². The molecule has 4 heteroatoms. The topological polar surface area (TPSA) is 57.5 Å². The first kappa shape index (κ1) is 11.4. The molecule has 76 valence electrons. The first-order valence-corrected chi connectivity index (χ1v) is 6.70. The van der Waals surface area contributed by atoms with Gasteiger partial charge in [-0.25, -0.2) is 0 Å². The molecule has 1 rings (SSSR count). The van der Waals surface area contributed by atoms with Gasteiger partial charge >= 0.3 is 88.6 Å². The Morgan fingerprint density at radius 2 is 1.86 bits per heavy atom. The fourth-order valence-electron chi connectivity index (χ4n) is 1.25. The second-order valence-electron chi connectivity index (χ2n) is 2.80. The average Bonchev–Trinajstić information content (AvgIpc) is 2.26. The zero-order valence-electron chi connectivity index (χ0n) is 7.86. The van der Waals surface area contributed by atoms with Crippen LogP contribution < -0.4 is 4.46 Å². The SMILES string of the molecule is C[Se]c1cc(CO)c(CO)cc1C=O. The van der Waals surface area contributed by atoms with Crippen molar-refractivity contribution in [3.05, 3.63) is 28.8 Å². The molecule has 0 unspecified atom stereocenters. The zero-order chi connectivity index (χ0) is 10.6. The molecule has 1 aromatic carbocycles. The van der Waals surface area contributed by atoms with Crippen molar-refractivity contribution in [2.75, 3.05) is 0 Å². The second-order valence-corrected chi connectivity index (χ2v) is 4.58. The molecular weight excluding hydrogens is 247 g/mol. The van der Waals surface area contributed by atoms with Gasteiger partial charge in [0, 0.05) is 0 Å². The quantitative estimate of drug-likeness (QED) is 0.584. The van der Waals surface area contributed by atoms with Crippen LogP contribution in [-0.4, -0.2) is 31.5 Å². The Bertz CT molecular complexity index is 336. The van der Waals surface area contributed by atoms with E-state index in [-0.39, 0.29) is 28.2 Å². The number of aliphatic hydroxyl groups is 2. The molecule has 14 heavy (non-hydrogen) atoms. The zero-order valence-corrected chi connectivity index (χ0v) is 9.57. The van der Waals surface area contributed by atoms with Gasteiger partial charge in [-0.15, -0.1) is 0 Å². The third-order valence-electron chi connectivity index (χ3n) is 2.02. The van der Waals surface area contributed by atoms with E-state index in [9.17, 15) is 4.79 Å². The maximum atomic E-state index is 10.7. The molecule has 0 aromatic heterocycles. The van der Waals surface area contributed by atoms with Crippen molar-refractivity contribution >= 4 is 25.7 Å². The molecule has 0 atom stereocenters. The van der Waals surface area contributed by atoms with Crippen molar-refractivity contribution in [1.29, 1.82) is 0 Å². The van der Waals surface area contributed by atoms with Crippen LogP contribution in [-0.2, 0) is 13.2 Å². The summed E-state index contributed by atoms with van der Waals surface area (Å²) in [4.78, 5) is 10.7. The molecule has 1 aromatic rings. The summed E-state index contributed by atoms with van der Waals surface area (Å²) in [5, 5.41) is 18.1. The van der Waals surface area contributed by atoms with E-state index in [0.29, 0.717) is 16.7 Å². The Hall–Kier alpha value is -0.671. The summed E-state index contributed by atoms with van der Waals surface area (Å²) in [7, 11) is 0. The van der Waals surface area contributed by atoms with Crippen LogP contribution in [0.25, 0.3) is 0 Å². The van der Waals surface area contributed by atoms with E-state index in [0.717, 1.165) is 10.7 Å². The van der Waals surface area contributed by atoms with Crippen LogP contribution in [0.4, 0.5) is 0 Å². The minimum atomic E-state index is -0.145. The van der Waals surface area contributed by atoms with Gasteiger partial charge < -0.3 is 0 Å². The third kappa shape index (κ3) is 2.22. The first-order valence-electron chi connectivity index (χ1n) is 4.13. The summed E-state index contributed by atoms with van der Waals surface area (Å²) in [5.41, 5.74) is 1.95. The van der Waals surface area contributed by atoms with E-state index in [4.69, 9.17) is 10.2 Å². The standard InChI is InChI=1S/C10H12O3Se/c1-14-10-3-8(5-12)7(4-11)2-9(10)6-13/h2-3,6,11-12H,4-5H2,1H3. The number of aldehydes is 1. The van der Waals surface area contributed by atoms with Crippen LogP contribution in [0.5, 0.6) is 0 Å². The maximum absolute atomic E-state index is 10.7. The molecule has 0 aliphatic carbocycles. The van der Waals surface area contributed by atoms with Crippen LogP contribution in [0.1, 0.15) is 21.5 Å². The molecule has 0 saturated carbocycles. The fourth-order valence-corrected chi connectivity index (χ4v) is 2.51. The number of carbonyl (C=O) groups excluding carboxylic acids is 1. The van der Waals surface area contributed by atoms with E-state index in [1.807, 2.05) is 5.82 Å².